The molecule has 1 amide bonds. The first-order chi connectivity index (χ1) is 10.8. The van der Waals surface area contributed by atoms with Crippen molar-refractivity contribution in [2.45, 2.75) is 6.92 Å². The summed E-state index contributed by atoms with van der Waals surface area (Å²) in [5.74, 6) is -3.97. The Morgan fingerprint density at radius 2 is 2.04 bits per heavy atom. The predicted molar refractivity (Wildman–Crippen MR) is 83.9 cm³/mol. The summed E-state index contributed by atoms with van der Waals surface area (Å²) >= 11 is 11.8. The molecule has 0 aliphatic carbocycles. The van der Waals surface area contributed by atoms with Crippen LogP contribution in [0.4, 0.5) is 0 Å². The minimum absolute atomic E-state index is 0.00737. The molecular formula is C15H11Cl2NO5. The highest BCUT2D eigenvalue weighted by Crippen LogP contribution is 2.26. The molecule has 0 aromatic heterocycles. The van der Waals surface area contributed by atoms with Crippen LogP contribution in [0.3, 0.4) is 0 Å². The lowest BCUT2D eigenvalue weighted by Gasteiger charge is -2.17. The molecule has 0 radical (unpaired) electrons. The molecule has 8 heteroatoms. The summed E-state index contributed by atoms with van der Waals surface area (Å²) in [4.78, 5) is 35.2. The quantitative estimate of drug-likeness (QED) is 0.493. The molecular weight excluding hydrogens is 345 g/mol. The molecule has 0 unspecified atom stereocenters. The van der Waals surface area contributed by atoms with Crippen LogP contribution in [0.2, 0.25) is 10.0 Å². The van der Waals surface area contributed by atoms with E-state index in [1.165, 1.54) is 19.1 Å². The minimum Gasteiger partial charge on any atom is -0.505 e. The van der Waals surface area contributed by atoms with E-state index in [4.69, 9.17) is 23.2 Å². The fourth-order valence-electron chi connectivity index (χ4n) is 1.87. The van der Waals surface area contributed by atoms with Crippen molar-refractivity contribution in [3.8, 4) is 0 Å². The summed E-state index contributed by atoms with van der Waals surface area (Å²) in [5.41, 5.74) is -0.427. The number of carbonyl (C=O) groups is 3. The van der Waals surface area contributed by atoms with Gasteiger partial charge in [-0.25, -0.2) is 4.79 Å². The number of halogens is 2. The molecule has 1 aliphatic heterocycles. The molecule has 0 saturated heterocycles. The van der Waals surface area contributed by atoms with Gasteiger partial charge in [0.1, 0.15) is 0 Å². The van der Waals surface area contributed by atoms with Gasteiger partial charge >= 0.3 is 5.97 Å². The summed E-state index contributed by atoms with van der Waals surface area (Å²) in [5, 5.41) is 13.0. The first-order valence-electron chi connectivity index (χ1n) is 6.48. The molecule has 0 saturated carbocycles. The molecule has 0 spiro atoms. The number of ketones is 1. The number of ether oxygens (including phenoxy) is 1. The van der Waals surface area contributed by atoms with Crippen LogP contribution >= 0.6 is 23.2 Å². The smallest absolute Gasteiger partial charge is 0.346 e. The Hall–Kier alpha value is -2.31. The van der Waals surface area contributed by atoms with Crippen LogP contribution in [-0.2, 0) is 19.1 Å². The Morgan fingerprint density at radius 1 is 1.35 bits per heavy atom. The van der Waals surface area contributed by atoms with Crippen LogP contribution in [0.15, 0.2) is 35.2 Å². The zero-order chi connectivity index (χ0) is 17.1. The molecule has 1 heterocycles. The van der Waals surface area contributed by atoms with Crippen molar-refractivity contribution < 1.29 is 24.2 Å². The zero-order valence-electron chi connectivity index (χ0n) is 11.9. The van der Waals surface area contributed by atoms with Gasteiger partial charge in [-0.05, 0) is 30.7 Å². The highest BCUT2D eigenvalue weighted by atomic mass is 35.5. The average molecular weight is 356 g/mol. The van der Waals surface area contributed by atoms with Gasteiger partial charge in [0, 0.05) is 10.0 Å². The standard InChI is InChI=1S/C15H11Cl2NO5/c1-2-23-15(22)11-12(19)10(18-14(21)13(11)20)5-7-3-4-8(16)6-9(7)17/h3-6,19H,2H2,1H3,(H,18,21)/b10-5-. The lowest BCUT2D eigenvalue weighted by atomic mass is 10.0. The van der Waals surface area contributed by atoms with Crippen LogP contribution < -0.4 is 5.32 Å². The van der Waals surface area contributed by atoms with Crippen LogP contribution in [0, 0.1) is 0 Å². The van der Waals surface area contributed by atoms with Gasteiger partial charge in [0.2, 0.25) is 0 Å². The van der Waals surface area contributed by atoms with Gasteiger partial charge in [0.25, 0.3) is 11.7 Å². The van der Waals surface area contributed by atoms with Gasteiger partial charge in [0.15, 0.2) is 11.3 Å². The van der Waals surface area contributed by atoms with Crippen molar-refractivity contribution >= 4 is 46.9 Å². The number of rotatable bonds is 3. The Morgan fingerprint density at radius 3 is 2.65 bits per heavy atom. The van der Waals surface area contributed by atoms with Gasteiger partial charge in [-0.15, -0.1) is 0 Å². The van der Waals surface area contributed by atoms with Crippen molar-refractivity contribution in [1.82, 2.24) is 5.32 Å². The Bertz CT molecular complexity index is 767. The summed E-state index contributed by atoms with van der Waals surface area (Å²) in [6.45, 7) is 1.53. The van der Waals surface area contributed by atoms with Gasteiger partial charge in [-0.2, -0.15) is 0 Å². The van der Waals surface area contributed by atoms with Crippen molar-refractivity contribution in [2.75, 3.05) is 6.61 Å². The van der Waals surface area contributed by atoms with Crippen molar-refractivity contribution in [3.63, 3.8) is 0 Å². The predicted octanol–water partition coefficient (Wildman–Crippen LogP) is 2.41. The van der Waals surface area contributed by atoms with E-state index < -0.39 is 29.0 Å². The number of hydrogen-bond donors (Lipinski definition) is 2. The minimum atomic E-state index is -1.17. The van der Waals surface area contributed by atoms with Crippen molar-refractivity contribution in [3.05, 3.63) is 50.8 Å². The number of esters is 1. The van der Waals surface area contributed by atoms with E-state index in [0.717, 1.165) is 0 Å². The zero-order valence-corrected chi connectivity index (χ0v) is 13.4. The number of benzene rings is 1. The van der Waals surface area contributed by atoms with E-state index >= 15 is 0 Å². The SMILES string of the molecule is CCOC(=O)C1=C(O)/C(=C/c2ccc(Cl)cc2Cl)NC(=O)C1=O. The average Bonchev–Trinajstić information content (AvgIpc) is 2.48. The first kappa shape index (κ1) is 17.1. The van der Waals surface area contributed by atoms with E-state index in [1.807, 2.05) is 0 Å². The van der Waals surface area contributed by atoms with Crippen LogP contribution in [0.25, 0.3) is 6.08 Å². The number of hydrogen-bond acceptors (Lipinski definition) is 5. The highest BCUT2D eigenvalue weighted by Gasteiger charge is 2.36. The molecule has 2 rings (SSSR count). The lowest BCUT2D eigenvalue weighted by molar-refractivity contribution is -0.144. The molecule has 23 heavy (non-hydrogen) atoms. The number of nitrogens with one attached hydrogen (secondary N) is 1. The molecule has 1 aliphatic rings. The Balaban J connectivity index is 2.53. The fraction of sp³-hybridized carbons (Fsp3) is 0.133. The molecule has 1 aromatic carbocycles. The lowest BCUT2D eigenvalue weighted by Crippen LogP contribution is -2.40. The molecule has 120 valence electrons. The third-order valence-electron chi connectivity index (χ3n) is 2.92. The largest absolute Gasteiger partial charge is 0.505 e. The van der Waals surface area contributed by atoms with Crippen LogP contribution in [0.5, 0.6) is 0 Å². The van der Waals surface area contributed by atoms with E-state index in [-0.39, 0.29) is 17.3 Å². The molecule has 1 aromatic rings. The number of carbonyl (C=O) groups excluding carboxylic acids is 3. The van der Waals surface area contributed by atoms with Crippen molar-refractivity contribution in [2.24, 2.45) is 0 Å². The number of amides is 1. The van der Waals surface area contributed by atoms with Gasteiger partial charge in [-0.1, -0.05) is 29.3 Å². The summed E-state index contributed by atoms with van der Waals surface area (Å²) in [6, 6.07) is 4.58. The second kappa shape index (κ2) is 6.85. The van der Waals surface area contributed by atoms with E-state index in [1.54, 1.807) is 12.1 Å². The molecule has 0 bridgehead atoms. The summed E-state index contributed by atoms with van der Waals surface area (Å²) in [7, 11) is 0. The van der Waals surface area contributed by atoms with Gasteiger partial charge in [-0.3, -0.25) is 9.59 Å². The molecule has 0 fully saturated rings. The van der Waals surface area contributed by atoms with Gasteiger partial charge in [0.05, 0.1) is 12.3 Å². The maximum atomic E-state index is 11.8. The topological polar surface area (TPSA) is 92.7 Å². The van der Waals surface area contributed by atoms with Crippen molar-refractivity contribution in [1.29, 1.82) is 0 Å². The second-order valence-electron chi connectivity index (χ2n) is 4.45. The van der Waals surface area contributed by atoms with Gasteiger partial charge < -0.3 is 15.2 Å². The van der Waals surface area contributed by atoms with Crippen LogP contribution in [0.1, 0.15) is 12.5 Å². The van der Waals surface area contributed by atoms with E-state index in [0.29, 0.717) is 10.6 Å². The van der Waals surface area contributed by atoms with E-state index in [2.05, 4.69) is 10.1 Å². The maximum Gasteiger partial charge on any atom is 0.346 e. The third kappa shape index (κ3) is 3.55. The normalized spacial score (nSPS) is 16.6. The monoisotopic (exact) mass is 355 g/mol. The molecule has 0 atom stereocenters. The Kier molecular flexibility index (Phi) is 5.08. The summed E-state index contributed by atoms with van der Waals surface area (Å²) in [6.07, 6.45) is 1.32. The second-order valence-corrected chi connectivity index (χ2v) is 5.29. The van der Waals surface area contributed by atoms with Crippen LogP contribution in [-0.4, -0.2) is 29.4 Å². The summed E-state index contributed by atoms with van der Waals surface area (Å²) < 4.78 is 4.68. The number of Topliss-reactive ketones (excluding diaryl/α,β-unsaturated/α-hetero) is 1. The first-order valence-corrected chi connectivity index (χ1v) is 7.24. The highest BCUT2D eigenvalue weighted by molar-refractivity contribution is 6.50. The number of aliphatic hydroxyl groups excluding tert-OH is 1. The Labute approximate surface area is 141 Å². The molecule has 6 nitrogen and oxygen atoms in total. The molecule has 2 N–H and O–H groups in total. The fourth-order valence-corrected chi connectivity index (χ4v) is 2.33. The van der Waals surface area contributed by atoms with E-state index in [9.17, 15) is 19.5 Å². The third-order valence-corrected chi connectivity index (χ3v) is 3.48. The maximum absolute atomic E-state index is 11.8. The number of aliphatic hydroxyl groups is 1.